The fourth-order valence-electron chi connectivity index (χ4n) is 2.85. The Kier molecular flexibility index (Phi) is 4.90. The molecular weight excluding hydrogens is 273 g/mol. The monoisotopic (exact) mass is 293 g/mol. The van der Waals surface area contributed by atoms with Gasteiger partial charge in [0, 0.05) is 19.5 Å². The first-order valence-corrected chi connectivity index (χ1v) is 7.03. The maximum Gasteiger partial charge on any atom is 0.239 e. The molecule has 0 radical (unpaired) electrons. The van der Waals surface area contributed by atoms with E-state index in [4.69, 9.17) is 5.73 Å². The maximum atomic E-state index is 13.0. The van der Waals surface area contributed by atoms with Crippen molar-refractivity contribution < 1.29 is 14.0 Å². The molecule has 1 fully saturated rings. The molecule has 0 aromatic heterocycles. The van der Waals surface area contributed by atoms with E-state index >= 15 is 0 Å². The van der Waals surface area contributed by atoms with Crippen molar-refractivity contribution in [2.24, 2.45) is 5.73 Å². The van der Waals surface area contributed by atoms with Crippen molar-refractivity contribution in [1.82, 2.24) is 10.2 Å². The molecule has 1 saturated heterocycles. The maximum absolute atomic E-state index is 13.0. The standard InChI is InChI=1S/C15H20FN3O2/c1-10(20)18-13-3-2-8-19(9-13)14(15(17)21)11-4-6-12(16)7-5-11/h4-7,13-14H,2-3,8-9H2,1H3,(H2,17,21)(H,18,20)/t13-,14-/m0/s1. The number of halogens is 1. The highest BCUT2D eigenvalue weighted by Gasteiger charge is 2.30. The summed E-state index contributed by atoms with van der Waals surface area (Å²) in [5.41, 5.74) is 6.20. The second kappa shape index (κ2) is 6.67. The first kappa shape index (κ1) is 15.4. The summed E-state index contributed by atoms with van der Waals surface area (Å²) in [5.74, 6) is -0.902. The summed E-state index contributed by atoms with van der Waals surface area (Å²) >= 11 is 0. The fraction of sp³-hybridized carbons (Fsp3) is 0.467. The minimum atomic E-state index is -0.595. The molecule has 21 heavy (non-hydrogen) atoms. The normalized spacial score (nSPS) is 20.8. The number of benzene rings is 1. The number of nitrogens with two attached hydrogens (primary N) is 1. The Morgan fingerprint density at radius 1 is 1.38 bits per heavy atom. The van der Waals surface area contributed by atoms with Crippen molar-refractivity contribution in [2.45, 2.75) is 31.8 Å². The molecule has 1 aromatic carbocycles. The summed E-state index contributed by atoms with van der Waals surface area (Å²) in [6, 6.07) is 5.21. The van der Waals surface area contributed by atoms with Crippen LogP contribution in [0.2, 0.25) is 0 Å². The summed E-state index contributed by atoms with van der Waals surface area (Å²) < 4.78 is 13.0. The molecule has 6 heteroatoms. The highest BCUT2D eigenvalue weighted by atomic mass is 19.1. The highest BCUT2D eigenvalue weighted by molar-refractivity contribution is 5.81. The van der Waals surface area contributed by atoms with Gasteiger partial charge in [0.15, 0.2) is 0 Å². The number of amides is 2. The van der Waals surface area contributed by atoms with Crippen LogP contribution >= 0.6 is 0 Å². The van der Waals surface area contributed by atoms with Gasteiger partial charge >= 0.3 is 0 Å². The van der Waals surface area contributed by atoms with Crippen LogP contribution in [-0.4, -0.2) is 35.8 Å². The zero-order valence-corrected chi connectivity index (χ0v) is 12.0. The molecule has 5 nitrogen and oxygen atoms in total. The summed E-state index contributed by atoms with van der Waals surface area (Å²) in [6.45, 7) is 2.76. The summed E-state index contributed by atoms with van der Waals surface area (Å²) in [4.78, 5) is 24.9. The lowest BCUT2D eigenvalue weighted by atomic mass is 9.99. The Bertz CT molecular complexity index is 518. The number of nitrogens with zero attached hydrogens (tertiary/aromatic N) is 1. The molecular formula is C15H20FN3O2. The predicted octanol–water partition coefficient (Wildman–Crippen LogP) is 0.953. The minimum Gasteiger partial charge on any atom is -0.368 e. The highest BCUT2D eigenvalue weighted by Crippen LogP contribution is 2.24. The second-order valence-electron chi connectivity index (χ2n) is 5.39. The van der Waals surface area contributed by atoms with Crippen molar-refractivity contribution in [3.8, 4) is 0 Å². The van der Waals surface area contributed by atoms with Gasteiger partial charge in [0.1, 0.15) is 11.9 Å². The Morgan fingerprint density at radius 2 is 2.05 bits per heavy atom. The van der Waals surface area contributed by atoms with Crippen LogP contribution in [0.4, 0.5) is 4.39 Å². The van der Waals surface area contributed by atoms with E-state index in [1.165, 1.54) is 19.1 Å². The van der Waals surface area contributed by atoms with Gasteiger partial charge in [-0.05, 0) is 37.1 Å². The Balaban J connectivity index is 2.16. The van der Waals surface area contributed by atoms with Crippen LogP contribution < -0.4 is 11.1 Å². The van der Waals surface area contributed by atoms with E-state index in [1.807, 2.05) is 4.90 Å². The molecule has 1 aliphatic heterocycles. The van der Waals surface area contributed by atoms with E-state index in [1.54, 1.807) is 12.1 Å². The van der Waals surface area contributed by atoms with Crippen molar-refractivity contribution in [3.63, 3.8) is 0 Å². The number of carbonyl (C=O) groups is 2. The SMILES string of the molecule is CC(=O)N[C@H]1CCCN([C@H](C(N)=O)c2ccc(F)cc2)C1. The Morgan fingerprint density at radius 3 is 2.62 bits per heavy atom. The molecule has 2 amide bonds. The van der Waals surface area contributed by atoms with Crippen molar-refractivity contribution in [1.29, 1.82) is 0 Å². The largest absolute Gasteiger partial charge is 0.368 e. The van der Waals surface area contributed by atoms with E-state index in [0.29, 0.717) is 12.1 Å². The molecule has 0 saturated carbocycles. The molecule has 1 heterocycles. The number of carbonyl (C=O) groups excluding carboxylic acids is 2. The van der Waals surface area contributed by atoms with Gasteiger partial charge in [-0.2, -0.15) is 0 Å². The van der Waals surface area contributed by atoms with E-state index in [9.17, 15) is 14.0 Å². The van der Waals surface area contributed by atoms with E-state index in [-0.39, 0.29) is 17.8 Å². The second-order valence-corrected chi connectivity index (χ2v) is 5.39. The average molecular weight is 293 g/mol. The van der Waals surface area contributed by atoms with Crippen molar-refractivity contribution >= 4 is 11.8 Å². The first-order valence-electron chi connectivity index (χ1n) is 7.03. The van der Waals surface area contributed by atoms with Gasteiger partial charge in [-0.25, -0.2) is 4.39 Å². The number of piperidine rings is 1. The number of nitrogens with one attached hydrogen (secondary N) is 1. The Hall–Kier alpha value is -1.95. The third kappa shape index (κ3) is 4.01. The Labute approximate surface area is 123 Å². The van der Waals surface area contributed by atoms with E-state index < -0.39 is 11.9 Å². The lowest BCUT2D eigenvalue weighted by molar-refractivity contribution is -0.124. The predicted molar refractivity (Wildman–Crippen MR) is 76.7 cm³/mol. The summed E-state index contributed by atoms with van der Waals surface area (Å²) in [6.07, 6.45) is 1.75. The molecule has 2 atom stereocenters. The van der Waals surface area contributed by atoms with Crippen LogP contribution in [0.1, 0.15) is 31.4 Å². The molecule has 1 aromatic rings. The van der Waals surface area contributed by atoms with E-state index in [2.05, 4.69) is 5.32 Å². The number of hydrogen-bond donors (Lipinski definition) is 2. The minimum absolute atomic E-state index is 0.0125. The summed E-state index contributed by atoms with van der Waals surface area (Å²) in [5, 5.41) is 2.87. The summed E-state index contributed by atoms with van der Waals surface area (Å²) in [7, 11) is 0. The van der Waals surface area contributed by atoms with Crippen molar-refractivity contribution in [3.05, 3.63) is 35.6 Å². The molecule has 2 rings (SSSR count). The van der Waals surface area contributed by atoms with Gasteiger partial charge in [0.05, 0.1) is 0 Å². The smallest absolute Gasteiger partial charge is 0.239 e. The molecule has 1 aliphatic rings. The molecule has 0 bridgehead atoms. The topological polar surface area (TPSA) is 75.4 Å². The van der Waals surface area contributed by atoms with Crippen LogP contribution in [0.15, 0.2) is 24.3 Å². The van der Waals surface area contributed by atoms with Crippen molar-refractivity contribution in [2.75, 3.05) is 13.1 Å². The lowest BCUT2D eigenvalue weighted by Gasteiger charge is -2.37. The number of rotatable bonds is 4. The van der Waals surface area contributed by atoms with Crippen LogP contribution in [0.25, 0.3) is 0 Å². The van der Waals surface area contributed by atoms with Gasteiger partial charge in [-0.3, -0.25) is 14.5 Å². The molecule has 0 unspecified atom stereocenters. The number of primary amides is 1. The van der Waals surface area contributed by atoms with Gasteiger partial charge < -0.3 is 11.1 Å². The zero-order valence-electron chi connectivity index (χ0n) is 12.0. The quantitative estimate of drug-likeness (QED) is 0.868. The number of likely N-dealkylation sites (tertiary alicyclic amines) is 1. The molecule has 0 spiro atoms. The zero-order chi connectivity index (χ0) is 15.4. The molecule has 0 aliphatic carbocycles. The van der Waals surface area contributed by atoms with Gasteiger partial charge in [0.25, 0.3) is 0 Å². The molecule has 3 N–H and O–H groups in total. The first-order chi connectivity index (χ1) is 9.97. The van der Waals surface area contributed by atoms with Crippen LogP contribution in [0.3, 0.4) is 0 Å². The fourth-order valence-corrected chi connectivity index (χ4v) is 2.85. The third-order valence-corrected chi connectivity index (χ3v) is 3.68. The lowest BCUT2D eigenvalue weighted by Crippen LogP contribution is -2.50. The van der Waals surface area contributed by atoms with Crippen LogP contribution in [0.5, 0.6) is 0 Å². The average Bonchev–Trinajstić information content (AvgIpc) is 2.40. The van der Waals surface area contributed by atoms with Gasteiger partial charge in [-0.1, -0.05) is 12.1 Å². The van der Waals surface area contributed by atoms with E-state index in [0.717, 1.165) is 19.4 Å². The van der Waals surface area contributed by atoms with Gasteiger partial charge in [0.2, 0.25) is 11.8 Å². The third-order valence-electron chi connectivity index (χ3n) is 3.68. The number of hydrogen-bond acceptors (Lipinski definition) is 3. The van der Waals surface area contributed by atoms with Gasteiger partial charge in [-0.15, -0.1) is 0 Å². The van der Waals surface area contributed by atoms with Crippen LogP contribution in [-0.2, 0) is 9.59 Å². The molecule has 114 valence electrons. The van der Waals surface area contributed by atoms with Crippen LogP contribution in [0, 0.1) is 5.82 Å².